The molecule has 0 radical (unpaired) electrons. The van der Waals surface area contributed by atoms with Gasteiger partial charge in [0.1, 0.15) is 6.10 Å². The normalized spacial score (nSPS) is 18.2. The maximum Gasteiger partial charge on any atom is 0.249 e. The molecule has 1 N–H and O–H groups in total. The van der Waals surface area contributed by atoms with Crippen LogP contribution in [-0.4, -0.2) is 46.4 Å². The van der Waals surface area contributed by atoms with Gasteiger partial charge in [0.15, 0.2) is 0 Å². The highest BCUT2D eigenvalue weighted by Crippen LogP contribution is 2.17. The van der Waals surface area contributed by atoms with Gasteiger partial charge in [0, 0.05) is 13.2 Å². The van der Waals surface area contributed by atoms with Crippen molar-refractivity contribution in [2.75, 3.05) is 30.3 Å². The second-order valence-electron chi connectivity index (χ2n) is 5.46. The van der Waals surface area contributed by atoms with Crippen LogP contribution in [0.1, 0.15) is 18.4 Å². The molecule has 1 aromatic rings. The van der Waals surface area contributed by atoms with Crippen molar-refractivity contribution in [1.29, 1.82) is 0 Å². The van der Waals surface area contributed by atoms with Crippen LogP contribution in [0.25, 0.3) is 0 Å². The van der Waals surface area contributed by atoms with Crippen LogP contribution in [0.2, 0.25) is 0 Å². The summed E-state index contributed by atoms with van der Waals surface area (Å²) in [7, 11) is -3.40. The van der Waals surface area contributed by atoms with E-state index in [0.29, 0.717) is 12.3 Å². The molecule has 1 aliphatic heterocycles. The summed E-state index contributed by atoms with van der Waals surface area (Å²) in [6.07, 6.45) is 2.37. The van der Waals surface area contributed by atoms with Gasteiger partial charge in [-0.1, -0.05) is 17.7 Å². The molecule has 2 rings (SSSR count). The predicted molar refractivity (Wildman–Crippen MR) is 85.4 cm³/mol. The minimum Gasteiger partial charge on any atom is -0.368 e. The van der Waals surface area contributed by atoms with Gasteiger partial charge >= 0.3 is 0 Å². The number of hydrogen-bond acceptors (Lipinski definition) is 4. The van der Waals surface area contributed by atoms with Gasteiger partial charge in [0.05, 0.1) is 18.5 Å². The summed E-state index contributed by atoms with van der Waals surface area (Å²) in [6, 6.07) is 7.24. The van der Waals surface area contributed by atoms with Gasteiger partial charge in [0.25, 0.3) is 0 Å². The summed E-state index contributed by atoms with van der Waals surface area (Å²) in [5.74, 6) is -0.171. The van der Waals surface area contributed by atoms with Crippen molar-refractivity contribution in [3.63, 3.8) is 0 Å². The average Bonchev–Trinajstić information content (AvgIpc) is 2.97. The zero-order valence-electron chi connectivity index (χ0n) is 12.9. The van der Waals surface area contributed by atoms with Crippen molar-refractivity contribution < 1.29 is 17.9 Å². The third kappa shape index (κ3) is 4.45. The number of amides is 1. The van der Waals surface area contributed by atoms with E-state index < -0.39 is 16.1 Å². The Morgan fingerprint density at radius 2 is 2.05 bits per heavy atom. The van der Waals surface area contributed by atoms with E-state index in [2.05, 4.69) is 5.32 Å². The lowest BCUT2D eigenvalue weighted by molar-refractivity contribution is -0.129. The van der Waals surface area contributed by atoms with Crippen molar-refractivity contribution in [2.45, 2.75) is 25.9 Å². The molecule has 0 spiro atoms. The van der Waals surface area contributed by atoms with Crippen molar-refractivity contribution in [2.24, 2.45) is 0 Å². The lowest BCUT2D eigenvalue weighted by Gasteiger charge is -2.23. The Hall–Kier alpha value is -1.60. The largest absolute Gasteiger partial charge is 0.368 e. The predicted octanol–water partition coefficient (Wildman–Crippen LogP) is 1.06. The van der Waals surface area contributed by atoms with Gasteiger partial charge < -0.3 is 10.1 Å². The number of benzene rings is 1. The first-order chi connectivity index (χ1) is 10.4. The second kappa shape index (κ2) is 7.11. The third-order valence-corrected chi connectivity index (χ3v) is 4.75. The van der Waals surface area contributed by atoms with Crippen LogP contribution in [0, 0.1) is 6.92 Å². The summed E-state index contributed by atoms with van der Waals surface area (Å²) in [5, 5.41) is 2.74. The van der Waals surface area contributed by atoms with E-state index in [1.807, 2.05) is 19.1 Å². The van der Waals surface area contributed by atoms with Crippen LogP contribution >= 0.6 is 0 Å². The van der Waals surface area contributed by atoms with Crippen LogP contribution in [0.3, 0.4) is 0 Å². The van der Waals surface area contributed by atoms with Crippen LogP contribution in [0.15, 0.2) is 24.3 Å². The molecule has 1 amide bonds. The van der Waals surface area contributed by atoms with Gasteiger partial charge in [-0.25, -0.2) is 8.42 Å². The molecule has 22 heavy (non-hydrogen) atoms. The van der Waals surface area contributed by atoms with Gasteiger partial charge in [-0.05, 0) is 31.9 Å². The molecule has 0 saturated carbocycles. The third-order valence-electron chi connectivity index (χ3n) is 3.56. The van der Waals surface area contributed by atoms with Crippen LogP contribution in [-0.2, 0) is 19.6 Å². The highest BCUT2D eigenvalue weighted by Gasteiger charge is 2.24. The first-order valence-corrected chi connectivity index (χ1v) is 9.16. The van der Waals surface area contributed by atoms with Gasteiger partial charge in [0.2, 0.25) is 15.9 Å². The molecule has 1 heterocycles. The quantitative estimate of drug-likeness (QED) is 0.848. The Balaban J connectivity index is 1.96. The number of nitrogens with one attached hydrogen (secondary N) is 1. The van der Waals surface area contributed by atoms with Crippen molar-refractivity contribution >= 4 is 21.6 Å². The van der Waals surface area contributed by atoms with E-state index in [0.717, 1.165) is 24.7 Å². The SMILES string of the molecule is Cc1ccc(N(CCNC(=O)C2CCCO2)S(C)(=O)=O)cc1. The molecule has 1 unspecified atom stereocenters. The van der Waals surface area contributed by atoms with Crippen LogP contribution in [0.4, 0.5) is 5.69 Å². The number of anilines is 1. The molecule has 1 fully saturated rings. The highest BCUT2D eigenvalue weighted by atomic mass is 32.2. The number of nitrogens with zero attached hydrogens (tertiary/aromatic N) is 1. The molecule has 1 atom stereocenters. The number of aryl methyl sites for hydroxylation is 1. The molecule has 7 heteroatoms. The number of rotatable bonds is 6. The zero-order chi connectivity index (χ0) is 16.2. The van der Waals surface area contributed by atoms with Crippen molar-refractivity contribution in [1.82, 2.24) is 5.32 Å². The fraction of sp³-hybridized carbons (Fsp3) is 0.533. The molecule has 0 aromatic heterocycles. The monoisotopic (exact) mass is 326 g/mol. The van der Waals surface area contributed by atoms with E-state index in [4.69, 9.17) is 4.74 Å². The Morgan fingerprint density at radius 3 is 2.59 bits per heavy atom. The summed E-state index contributed by atoms with van der Waals surface area (Å²) in [6.45, 7) is 2.99. The van der Waals surface area contributed by atoms with E-state index in [9.17, 15) is 13.2 Å². The summed E-state index contributed by atoms with van der Waals surface area (Å²) >= 11 is 0. The number of hydrogen-bond donors (Lipinski definition) is 1. The lowest BCUT2D eigenvalue weighted by atomic mass is 10.2. The maximum absolute atomic E-state index is 11.9. The standard InChI is InChI=1S/C15H22N2O4S/c1-12-5-7-13(8-6-12)17(22(2,19)20)10-9-16-15(18)14-4-3-11-21-14/h5-8,14H,3-4,9-11H2,1-2H3,(H,16,18). The van der Waals surface area contributed by atoms with Crippen LogP contribution in [0.5, 0.6) is 0 Å². The second-order valence-corrected chi connectivity index (χ2v) is 7.37. The zero-order valence-corrected chi connectivity index (χ0v) is 13.7. The number of sulfonamides is 1. The number of carbonyl (C=O) groups is 1. The van der Waals surface area contributed by atoms with Crippen LogP contribution < -0.4 is 9.62 Å². The van der Waals surface area contributed by atoms with E-state index in [1.165, 1.54) is 4.31 Å². The lowest BCUT2D eigenvalue weighted by Crippen LogP contribution is -2.41. The van der Waals surface area contributed by atoms with Gasteiger partial charge in [-0.15, -0.1) is 0 Å². The number of carbonyl (C=O) groups excluding carboxylic acids is 1. The Bertz CT molecular complexity index is 607. The summed E-state index contributed by atoms with van der Waals surface area (Å²) in [5.41, 5.74) is 1.66. The Kier molecular flexibility index (Phi) is 5.42. The molecule has 1 saturated heterocycles. The molecular weight excluding hydrogens is 304 g/mol. The first kappa shape index (κ1) is 16.8. The smallest absolute Gasteiger partial charge is 0.249 e. The fourth-order valence-electron chi connectivity index (χ4n) is 2.38. The van der Waals surface area contributed by atoms with Crippen molar-refractivity contribution in [3.05, 3.63) is 29.8 Å². The average molecular weight is 326 g/mol. The van der Waals surface area contributed by atoms with E-state index >= 15 is 0 Å². The van der Waals surface area contributed by atoms with Gasteiger partial charge in [-0.3, -0.25) is 9.10 Å². The van der Waals surface area contributed by atoms with E-state index in [1.54, 1.807) is 12.1 Å². The maximum atomic E-state index is 11.9. The summed E-state index contributed by atoms with van der Waals surface area (Å²) < 4.78 is 30.5. The number of ether oxygens (including phenoxy) is 1. The molecule has 122 valence electrons. The summed E-state index contributed by atoms with van der Waals surface area (Å²) in [4.78, 5) is 11.9. The topological polar surface area (TPSA) is 75.7 Å². The molecule has 1 aromatic carbocycles. The molecular formula is C15H22N2O4S. The fourth-order valence-corrected chi connectivity index (χ4v) is 3.30. The minimum atomic E-state index is -3.40. The minimum absolute atomic E-state index is 0.171. The molecule has 1 aliphatic rings. The Morgan fingerprint density at radius 1 is 1.36 bits per heavy atom. The molecule has 6 nitrogen and oxygen atoms in total. The van der Waals surface area contributed by atoms with Gasteiger partial charge in [-0.2, -0.15) is 0 Å². The van der Waals surface area contributed by atoms with E-state index in [-0.39, 0.29) is 19.0 Å². The Labute approximate surface area is 131 Å². The molecule has 0 aliphatic carbocycles. The first-order valence-electron chi connectivity index (χ1n) is 7.31. The van der Waals surface area contributed by atoms with Crippen molar-refractivity contribution in [3.8, 4) is 0 Å². The highest BCUT2D eigenvalue weighted by molar-refractivity contribution is 7.92. The molecule has 0 bridgehead atoms.